The molecule has 0 bridgehead atoms. The largest absolute Gasteiger partial charge is 0.497 e. The lowest BCUT2D eigenvalue weighted by Crippen LogP contribution is -2.46. The standard InChI is InChI=1S/C23H29NO3/c1-3-27-22(25)23(17-19-9-11-21(26-2)12-10-19)13-15-24(16-14-23)18-20-7-5-4-6-8-20/h4-12H,3,13-18H2,1-2H3. The fraction of sp³-hybridized carbons (Fsp3) is 0.435. The Labute approximate surface area is 162 Å². The Morgan fingerprint density at radius 3 is 2.26 bits per heavy atom. The minimum Gasteiger partial charge on any atom is -0.497 e. The van der Waals surface area contributed by atoms with E-state index in [9.17, 15) is 4.79 Å². The van der Waals surface area contributed by atoms with Crippen molar-refractivity contribution in [3.05, 3.63) is 65.7 Å². The first-order valence-corrected chi connectivity index (χ1v) is 9.71. The van der Waals surface area contributed by atoms with Gasteiger partial charge in [0.25, 0.3) is 0 Å². The number of piperidine rings is 1. The summed E-state index contributed by atoms with van der Waals surface area (Å²) in [5, 5.41) is 0. The van der Waals surface area contributed by atoms with Crippen molar-refractivity contribution in [3.8, 4) is 5.75 Å². The zero-order valence-electron chi connectivity index (χ0n) is 16.3. The van der Waals surface area contributed by atoms with E-state index in [1.165, 1.54) is 5.56 Å². The third-order valence-corrected chi connectivity index (χ3v) is 5.47. The Morgan fingerprint density at radius 1 is 1.00 bits per heavy atom. The fourth-order valence-electron chi connectivity index (χ4n) is 3.85. The molecule has 2 aromatic carbocycles. The molecule has 27 heavy (non-hydrogen) atoms. The zero-order valence-corrected chi connectivity index (χ0v) is 16.3. The average Bonchev–Trinajstić information content (AvgIpc) is 2.71. The van der Waals surface area contributed by atoms with E-state index in [1.54, 1.807) is 7.11 Å². The minimum atomic E-state index is -0.433. The molecule has 4 heteroatoms. The molecule has 1 saturated heterocycles. The minimum absolute atomic E-state index is 0.0554. The molecular weight excluding hydrogens is 338 g/mol. The quantitative estimate of drug-likeness (QED) is 0.691. The molecule has 144 valence electrons. The first kappa shape index (κ1) is 19.4. The van der Waals surface area contributed by atoms with Gasteiger partial charge in [0.1, 0.15) is 5.75 Å². The van der Waals surface area contributed by atoms with E-state index in [1.807, 2.05) is 25.1 Å². The van der Waals surface area contributed by atoms with Gasteiger partial charge in [-0.2, -0.15) is 0 Å². The van der Waals surface area contributed by atoms with E-state index >= 15 is 0 Å². The zero-order chi connectivity index (χ0) is 19.1. The summed E-state index contributed by atoms with van der Waals surface area (Å²) < 4.78 is 10.7. The van der Waals surface area contributed by atoms with E-state index < -0.39 is 5.41 Å². The van der Waals surface area contributed by atoms with Crippen LogP contribution < -0.4 is 4.74 Å². The van der Waals surface area contributed by atoms with Crippen molar-refractivity contribution in [1.82, 2.24) is 4.90 Å². The van der Waals surface area contributed by atoms with Crippen molar-refractivity contribution < 1.29 is 14.3 Å². The predicted octanol–water partition coefficient (Wildman–Crippen LogP) is 4.08. The lowest BCUT2D eigenvalue weighted by Gasteiger charge is -2.40. The maximum Gasteiger partial charge on any atom is 0.312 e. The van der Waals surface area contributed by atoms with Crippen LogP contribution in [0.3, 0.4) is 0 Å². The maximum absolute atomic E-state index is 12.8. The highest BCUT2D eigenvalue weighted by Crippen LogP contribution is 2.37. The molecule has 1 heterocycles. The van der Waals surface area contributed by atoms with E-state index in [2.05, 4.69) is 41.3 Å². The number of ether oxygens (including phenoxy) is 2. The van der Waals surface area contributed by atoms with Crippen LogP contribution in [-0.2, 0) is 22.5 Å². The molecule has 0 unspecified atom stereocenters. The number of esters is 1. The summed E-state index contributed by atoms with van der Waals surface area (Å²) in [5.41, 5.74) is 2.04. The third kappa shape index (κ3) is 4.89. The number of hydrogen-bond donors (Lipinski definition) is 0. The normalized spacial score (nSPS) is 16.7. The molecule has 2 aromatic rings. The van der Waals surface area contributed by atoms with Gasteiger partial charge in [-0.1, -0.05) is 42.5 Å². The molecule has 0 N–H and O–H groups in total. The number of likely N-dealkylation sites (tertiary alicyclic amines) is 1. The van der Waals surface area contributed by atoms with Gasteiger partial charge in [0, 0.05) is 6.54 Å². The van der Waals surface area contributed by atoms with Crippen LogP contribution in [0.1, 0.15) is 30.9 Å². The van der Waals surface area contributed by atoms with Crippen LogP contribution in [-0.4, -0.2) is 37.7 Å². The molecule has 4 nitrogen and oxygen atoms in total. The average molecular weight is 367 g/mol. The summed E-state index contributed by atoms with van der Waals surface area (Å²) in [5.74, 6) is 0.779. The van der Waals surface area contributed by atoms with Crippen LogP contribution in [0.25, 0.3) is 0 Å². The van der Waals surface area contributed by atoms with Crippen molar-refractivity contribution in [3.63, 3.8) is 0 Å². The molecular formula is C23H29NO3. The molecule has 0 aliphatic carbocycles. The first-order chi connectivity index (χ1) is 13.1. The molecule has 0 aromatic heterocycles. The Balaban J connectivity index is 1.69. The highest BCUT2D eigenvalue weighted by Gasteiger charge is 2.42. The van der Waals surface area contributed by atoms with Crippen molar-refractivity contribution >= 4 is 5.97 Å². The second-order valence-corrected chi connectivity index (χ2v) is 7.29. The van der Waals surface area contributed by atoms with Gasteiger partial charge in [-0.25, -0.2) is 0 Å². The van der Waals surface area contributed by atoms with Crippen LogP contribution in [0.4, 0.5) is 0 Å². The van der Waals surface area contributed by atoms with Gasteiger partial charge in [0.05, 0.1) is 19.1 Å². The Hall–Kier alpha value is -2.33. The molecule has 3 rings (SSSR count). The summed E-state index contributed by atoms with van der Waals surface area (Å²) >= 11 is 0. The second kappa shape index (κ2) is 9.05. The summed E-state index contributed by atoms with van der Waals surface area (Å²) in [6.07, 6.45) is 2.37. The molecule has 0 spiro atoms. The van der Waals surface area contributed by atoms with Crippen LogP contribution in [0.5, 0.6) is 5.75 Å². The highest BCUT2D eigenvalue weighted by atomic mass is 16.5. The van der Waals surface area contributed by atoms with Gasteiger partial charge >= 0.3 is 5.97 Å². The number of methoxy groups -OCH3 is 1. The third-order valence-electron chi connectivity index (χ3n) is 5.47. The van der Waals surface area contributed by atoms with E-state index in [-0.39, 0.29) is 5.97 Å². The van der Waals surface area contributed by atoms with E-state index in [0.29, 0.717) is 6.61 Å². The Bertz CT molecular complexity index is 719. The number of carbonyl (C=O) groups is 1. The van der Waals surface area contributed by atoms with Gasteiger partial charge in [-0.05, 0) is 62.5 Å². The van der Waals surface area contributed by atoms with Gasteiger partial charge in [-0.3, -0.25) is 9.69 Å². The number of carbonyl (C=O) groups excluding carboxylic acids is 1. The Kier molecular flexibility index (Phi) is 6.51. The number of nitrogens with zero attached hydrogens (tertiary/aromatic N) is 1. The highest BCUT2D eigenvalue weighted by molar-refractivity contribution is 5.77. The lowest BCUT2D eigenvalue weighted by atomic mass is 9.73. The second-order valence-electron chi connectivity index (χ2n) is 7.29. The lowest BCUT2D eigenvalue weighted by molar-refractivity contribution is -0.158. The summed E-state index contributed by atoms with van der Waals surface area (Å²) in [6.45, 7) is 5.05. The fourth-order valence-corrected chi connectivity index (χ4v) is 3.85. The van der Waals surface area contributed by atoms with Gasteiger partial charge in [-0.15, -0.1) is 0 Å². The molecule has 0 amide bonds. The van der Waals surface area contributed by atoms with Gasteiger partial charge < -0.3 is 9.47 Å². The summed E-state index contributed by atoms with van der Waals surface area (Å²) in [4.78, 5) is 15.3. The predicted molar refractivity (Wildman–Crippen MR) is 107 cm³/mol. The van der Waals surface area contributed by atoms with Crippen molar-refractivity contribution in [2.24, 2.45) is 5.41 Å². The smallest absolute Gasteiger partial charge is 0.312 e. The monoisotopic (exact) mass is 367 g/mol. The van der Waals surface area contributed by atoms with Gasteiger partial charge in [0.15, 0.2) is 0 Å². The van der Waals surface area contributed by atoms with Crippen molar-refractivity contribution in [2.75, 3.05) is 26.8 Å². The summed E-state index contributed by atoms with van der Waals surface area (Å²) in [6, 6.07) is 18.5. The van der Waals surface area contributed by atoms with Gasteiger partial charge in [0.2, 0.25) is 0 Å². The van der Waals surface area contributed by atoms with Crippen molar-refractivity contribution in [1.29, 1.82) is 0 Å². The number of benzene rings is 2. The molecule has 1 aliphatic heterocycles. The molecule has 1 fully saturated rings. The van der Waals surface area contributed by atoms with E-state index in [4.69, 9.17) is 9.47 Å². The molecule has 0 radical (unpaired) electrons. The SMILES string of the molecule is CCOC(=O)C1(Cc2ccc(OC)cc2)CCN(Cc2ccccc2)CC1. The van der Waals surface area contributed by atoms with Crippen LogP contribution in [0.15, 0.2) is 54.6 Å². The number of rotatable bonds is 7. The molecule has 0 saturated carbocycles. The van der Waals surface area contributed by atoms with E-state index in [0.717, 1.165) is 50.2 Å². The topological polar surface area (TPSA) is 38.8 Å². The summed E-state index contributed by atoms with van der Waals surface area (Å²) in [7, 11) is 1.66. The maximum atomic E-state index is 12.8. The molecule has 0 atom stereocenters. The first-order valence-electron chi connectivity index (χ1n) is 9.71. The van der Waals surface area contributed by atoms with Crippen molar-refractivity contribution in [2.45, 2.75) is 32.7 Å². The number of hydrogen-bond acceptors (Lipinski definition) is 4. The van der Waals surface area contributed by atoms with Crippen LogP contribution >= 0.6 is 0 Å². The molecule has 1 aliphatic rings. The van der Waals surface area contributed by atoms with Crippen LogP contribution in [0.2, 0.25) is 0 Å². The van der Waals surface area contributed by atoms with Crippen LogP contribution in [0, 0.1) is 5.41 Å². The Morgan fingerprint density at radius 2 is 1.67 bits per heavy atom.